The van der Waals surface area contributed by atoms with E-state index in [2.05, 4.69) is 25.2 Å². The summed E-state index contributed by atoms with van der Waals surface area (Å²) in [6.07, 6.45) is 1.74. The van der Waals surface area contributed by atoms with Crippen molar-refractivity contribution >= 4 is 17.3 Å². The van der Waals surface area contributed by atoms with Gasteiger partial charge in [-0.2, -0.15) is 5.10 Å². The van der Waals surface area contributed by atoms with Gasteiger partial charge in [0.2, 0.25) is 0 Å². The Balaban J connectivity index is 1.45. The van der Waals surface area contributed by atoms with Crippen LogP contribution in [0.5, 0.6) is 11.5 Å². The van der Waals surface area contributed by atoms with E-state index in [9.17, 15) is 4.79 Å². The van der Waals surface area contributed by atoms with Crippen LogP contribution < -0.4 is 15.8 Å². The van der Waals surface area contributed by atoms with Crippen LogP contribution in [0, 0.1) is 0 Å². The smallest absolute Gasteiger partial charge is 0.259 e. The number of carbonyl (C=O) groups is 1. The molecule has 4 aromatic carbocycles. The first kappa shape index (κ1) is 23.9. The minimum absolute atomic E-state index is 0.292. The van der Waals surface area contributed by atoms with Crippen molar-refractivity contribution in [2.45, 2.75) is 19.8 Å². The number of anilines is 2. The molecule has 6 heteroatoms. The van der Waals surface area contributed by atoms with Gasteiger partial charge in [0.25, 0.3) is 5.91 Å². The van der Waals surface area contributed by atoms with Crippen LogP contribution in [0.15, 0.2) is 109 Å². The maximum atomic E-state index is 13.5. The number of rotatable bonds is 7. The molecule has 184 valence electrons. The summed E-state index contributed by atoms with van der Waals surface area (Å²) in [5.74, 6) is 1.35. The Morgan fingerprint density at radius 2 is 1.59 bits per heavy atom. The Hall–Kier alpha value is -4.84. The lowest BCUT2D eigenvalue weighted by Crippen LogP contribution is -2.12. The summed E-state index contributed by atoms with van der Waals surface area (Å²) in [5.41, 5.74) is 11.1. The van der Waals surface area contributed by atoms with Gasteiger partial charge in [-0.3, -0.25) is 4.79 Å². The van der Waals surface area contributed by atoms with E-state index in [0.29, 0.717) is 40.0 Å². The zero-order chi connectivity index (χ0) is 25.8. The van der Waals surface area contributed by atoms with Crippen LogP contribution >= 0.6 is 0 Å². The minimum atomic E-state index is -0.292. The van der Waals surface area contributed by atoms with E-state index in [1.54, 1.807) is 29.1 Å². The predicted molar refractivity (Wildman–Crippen MR) is 148 cm³/mol. The van der Waals surface area contributed by atoms with Crippen molar-refractivity contribution in [2.24, 2.45) is 0 Å². The largest absolute Gasteiger partial charge is 0.457 e. The van der Waals surface area contributed by atoms with Crippen molar-refractivity contribution in [3.63, 3.8) is 0 Å². The van der Waals surface area contributed by atoms with Crippen LogP contribution in [-0.2, 0) is 0 Å². The van der Waals surface area contributed by atoms with Gasteiger partial charge in [0.15, 0.2) is 0 Å². The fourth-order valence-corrected chi connectivity index (χ4v) is 4.09. The van der Waals surface area contributed by atoms with Crippen molar-refractivity contribution in [2.75, 3.05) is 11.1 Å². The second kappa shape index (κ2) is 10.4. The van der Waals surface area contributed by atoms with Crippen LogP contribution in [0.1, 0.15) is 35.7 Å². The summed E-state index contributed by atoms with van der Waals surface area (Å²) in [7, 11) is 0. The molecule has 0 unspecified atom stereocenters. The van der Waals surface area contributed by atoms with Crippen molar-refractivity contribution < 1.29 is 9.53 Å². The van der Waals surface area contributed by atoms with Crippen LogP contribution in [0.2, 0.25) is 0 Å². The number of aromatic nitrogens is 2. The molecule has 5 aromatic rings. The van der Waals surface area contributed by atoms with Gasteiger partial charge in [0.1, 0.15) is 17.2 Å². The Kier molecular flexibility index (Phi) is 6.72. The van der Waals surface area contributed by atoms with Gasteiger partial charge < -0.3 is 15.8 Å². The Labute approximate surface area is 216 Å². The monoisotopic (exact) mass is 488 g/mol. The maximum absolute atomic E-state index is 13.5. The van der Waals surface area contributed by atoms with E-state index in [1.165, 1.54) is 5.56 Å². The molecule has 6 nitrogen and oxygen atoms in total. The van der Waals surface area contributed by atoms with Gasteiger partial charge in [0, 0.05) is 35.3 Å². The molecule has 0 bridgehead atoms. The third-order valence-corrected chi connectivity index (χ3v) is 5.97. The third kappa shape index (κ3) is 5.54. The lowest BCUT2D eigenvalue weighted by molar-refractivity contribution is 0.102. The van der Waals surface area contributed by atoms with Gasteiger partial charge in [-0.05, 0) is 41.8 Å². The molecule has 1 aromatic heterocycles. The van der Waals surface area contributed by atoms with Gasteiger partial charge in [-0.1, -0.05) is 74.5 Å². The average molecular weight is 489 g/mol. The number of nitrogen functional groups attached to an aromatic ring is 1. The van der Waals surface area contributed by atoms with Crippen molar-refractivity contribution in [3.8, 4) is 28.4 Å². The first-order valence-corrected chi connectivity index (χ1v) is 12.2. The second-order valence-corrected chi connectivity index (χ2v) is 9.11. The molecule has 37 heavy (non-hydrogen) atoms. The van der Waals surface area contributed by atoms with Crippen molar-refractivity contribution in [1.82, 2.24) is 9.78 Å². The number of hydrogen-bond acceptors (Lipinski definition) is 4. The van der Waals surface area contributed by atoms with Gasteiger partial charge in [0.05, 0.1) is 11.3 Å². The topological polar surface area (TPSA) is 82.2 Å². The minimum Gasteiger partial charge on any atom is -0.457 e. The lowest BCUT2D eigenvalue weighted by Gasteiger charge is -2.12. The molecule has 1 heterocycles. The van der Waals surface area contributed by atoms with Crippen molar-refractivity contribution in [1.29, 1.82) is 0 Å². The first-order chi connectivity index (χ1) is 18.0. The summed E-state index contributed by atoms with van der Waals surface area (Å²) in [4.78, 5) is 13.5. The molecular weight excluding hydrogens is 460 g/mol. The van der Waals surface area contributed by atoms with E-state index in [4.69, 9.17) is 15.6 Å². The maximum Gasteiger partial charge on any atom is 0.259 e. The summed E-state index contributed by atoms with van der Waals surface area (Å²) in [6.45, 7) is 4.27. The molecule has 0 radical (unpaired) electrons. The highest BCUT2D eigenvalue weighted by Gasteiger charge is 2.19. The SMILES string of the molecule is CC(C)c1cccc(Oc2cc(N)cc(NC(=O)c3cn(-c4ccccc4)nc3-c3ccccc3)c2)c1. The second-order valence-electron chi connectivity index (χ2n) is 9.11. The highest BCUT2D eigenvalue weighted by Crippen LogP contribution is 2.30. The molecule has 5 rings (SSSR count). The number of nitrogens with two attached hydrogens (primary N) is 1. The fourth-order valence-electron chi connectivity index (χ4n) is 4.09. The number of ether oxygens (including phenoxy) is 1. The van der Waals surface area contributed by atoms with Gasteiger partial charge in [-0.25, -0.2) is 4.68 Å². The Bertz CT molecular complexity index is 1530. The van der Waals surface area contributed by atoms with Crippen LogP contribution in [0.3, 0.4) is 0 Å². The molecule has 0 spiro atoms. The van der Waals surface area contributed by atoms with Gasteiger partial charge in [-0.15, -0.1) is 0 Å². The van der Waals surface area contributed by atoms with Crippen molar-refractivity contribution in [3.05, 3.63) is 120 Å². The summed E-state index contributed by atoms with van der Waals surface area (Å²) < 4.78 is 7.80. The van der Waals surface area contributed by atoms with Gasteiger partial charge >= 0.3 is 0 Å². The standard InChI is InChI=1S/C31H28N4O2/c1-21(2)23-12-9-15-27(16-23)37-28-18-24(32)17-25(19-28)33-31(36)29-20-35(26-13-7-4-8-14-26)34-30(29)22-10-5-3-6-11-22/h3-21H,32H2,1-2H3,(H,33,36). The number of hydrogen-bond donors (Lipinski definition) is 2. The molecule has 0 saturated heterocycles. The summed E-state index contributed by atoms with van der Waals surface area (Å²) >= 11 is 0. The predicted octanol–water partition coefficient (Wildman–Crippen LogP) is 7.29. The highest BCUT2D eigenvalue weighted by molar-refractivity contribution is 6.08. The summed E-state index contributed by atoms with van der Waals surface area (Å²) in [5, 5.41) is 7.71. The Morgan fingerprint density at radius 1 is 0.865 bits per heavy atom. The van der Waals surface area contributed by atoms with E-state index in [0.717, 1.165) is 11.3 Å². The number of nitrogens with one attached hydrogen (secondary N) is 1. The number of nitrogens with zero attached hydrogens (tertiary/aromatic N) is 2. The molecule has 0 aliphatic carbocycles. The fraction of sp³-hybridized carbons (Fsp3) is 0.0968. The van der Waals surface area contributed by atoms with E-state index < -0.39 is 0 Å². The molecule has 0 aliphatic heterocycles. The van der Waals surface area contributed by atoms with E-state index >= 15 is 0 Å². The molecule has 0 saturated carbocycles. The number of benzene rings is 4. The van der Waals surface area contributed by atoms with Crippen LogP contribution in [-0.4, -0.2) is 15.7 Å². The normalized spacial score (nSPS) is 10.9. The summed E-state index contributed by atoms with van der Waals surface area (Å²) in [6, 6.07) is 32.5. The highest BCUT2D eigenvalue weighted by atomic mass is 16.5. The molecular formula is C31H28N4O2. The average Bonchev–Trinajstić information content (AvgIpc) is 3.35. The first-order valence-electron chi connectivity index (χ1n) is 12.2. The Morgan fingerprint density at radius 3 is 2.32 bits per heavy atom. The lowest BCUT2D eigenvalue weighted by atomic mass is 10.0. The zero-order valence-electron chi connectivity index (χ0n) is 20.8. The number of carbonyl (C=O) groups excluding carboxylic acids is 1. The van der Waals surface area contributed by atoms with E-state index in [1.807, 2.05) is 78.9 Å². The quantitative estimate of drug-likeness (QED) is 0.236. The zero-order valence-corrected chi connectivity index (χ0v) is 20.8. The molecule has 0 atom stereocenters. The molecule has 0 fully saturated rings. The molecule has 3 N–H and O–H groups in total. The third-order valence-electron chi connectivity index (χ3n) is 5.97. The molecule has 0 aliphatic rings. The van der Waals surface area contributed by atoms with Crippen LogP contribution in [0.25, 0.3) is 16.9 Å². The van der Waals surface area contributed by atoms with E-state index in [-0.39, 0.29) is 5.91 Å². The number of para-hydroxylation sites is 1. The van der Waals surface area contributed by atoms with Crippen LogP contribution in [0.4, 0.5) is 11.4 Å². The molecule has 1 amide bonds. The number of amides is 1.